The number of aromatic amines is 1. The minimum absolute atomic E-state index is 0.787. The molecule has 0 aliphatic heterocycles. The van der Waals surface area contributed by atoms with Gasteiger partial charge in [0.05, 0.1) is 0 Å². The molecule has 0 radical (unpaired) electrons. The van der Waals surface area contributed by atoms with Crippen LogP contribution < -0.4 is 15.5 Å². The van der Waals surface area contributed by atoms with Gasteiger partial charge < -0.3 is 14.3 Å². The number of anilines is 2. The second kappa shape index (κ2) is 12.6. The van der Waals surface area contributed by atoms with Crippen LogP contribution in [-0.2, 0) is 6.42 Å². The van der Waals surface area contributed by atoms with Crippen molar-refractivity contribution in [3.8, 4) is 11.1 Å². The van der Waals surface area contributed by atoms with E-state index in [1.807, 2.05) is 18.2 Å². The largest absolute Gasteiger partial charge is 0.456 e. The quantitative estimate of drug-likeness (QED) is 0.162. The number of allylic oxidation sites excluding steroid dienone is 4. The Bertz CT molecular complexity index is 2520. The molecule has 0 atom stereocenters. The first-order valence-electron chi connectivity index (χ1n) is 16.3. The Labute approximate surface area is 281 Å². The summed E-state index contributed by atoms with van der Waals surface area (Å²) in [7, 11) is 0. The van der Waals surface area contributed by atoms with Gasteiger partial charge in [0.2, 0.25) is 0 Å². The van der Waals surface area contributed by atoms with E-state index in [1.165, 1.54) is 21.9 Å². The van der Waals surface area contributed by atoms with Crippen LogP contribution in [0.2, 0.25) is 0 Å². The second-order valence-electron chi connectivity index (χ2n) is 12.1. The molecule has 234 valence electrons. The highest BCUT2D eigenvalue weighted by Crippen LogP contribution is 2.37. The molecule has 5 aromatic carbocycles. The van der Waals surface area contributed by atoms with Gasteiger partial charge in [0, 0.05) is 45.0 Å². The van der Waals surface area contributed by atoms with Crippen LogP contribution in [0.15, 0.2) is 156 Å². The van der Waals surface area contributed by atoms with Crippen LogP contribution in [0, 0.1) is 0 Å². The predicted octanol–water partition coefficient (Wildman–Crippen LogP) is 11.0. The minimum atomic E-state index is 0.787. The fraction of sp³-hybridized carbons (Fsp3) is 0.0667. The number of aromatic nitrogens is 1. The summed E-state index contributed by atoms with van der Waals surface area (Å²) in [5.41, 5.74) is 11.0. The highest BCUT2D eigenvalue weighted by Gasteiger charge is 2.17. The number of hydrogen-bond acceptors (Lipinski definition) is 2. The molecule has 2 heterocycles. The number of para-hydroxylation sites is 1. The second-order valence-corrected chi connectivity index (χ2v) is 12.1. The van der Waals surface area contributed by atoms with Crippen LogP contribution in [0.3, 0.4) is 0 Å². The van der Waals surface area contributed by atoms with Crippen molar-refractivity contribution < 1.29 is 4.42 Å². The molecule has 0 spiro atoms. The van der Waals surface area contributed by atoms with E-state index in [1.54, 1.807) is 6.08 Å². The van der Waals surface area contributed by atoms with E-state index in [2.05, 4.69) is 153 Å². The number of benzene rings is 5. The van der Waals surface area contributed by atoms with E-state index in [9.17, 15) is 0 Å². The molecule has 3 nitrogen and oxygen atoms in total. The van der Waals surface area contributed by atoms with Crippen LogP contribution in [0.25, 0.3) is 62.6 Å². The maximum atomic E-state index is 6.33. The Kier molecular flexibility index (Phi) is 8.04. The highest BCUT2D eigenvalue weighted by molar-refractivity contribution is 6.06. The van der Waals surface area contributed by atoms with Crippen molar-refractivity contribution in [2.45, 2.75) is 20.3 Å². The van der Waals surface area contributed by atoms with Crippen LogP contribution in [0.4, 0.5) is 11.4 Å². The van der Waals surface area contributed by atoms with Gasteiger partial charge in [0.15, 0.2) is 0 Å². The third kappa shape index (κ3) is 5.50. The zero-order valence-corrected chi connectivity index (χ0v) is 27.5. The number of H-pyrrole nitrogens is 1. The Morgan fingerprint density at radius 1 is 0.771 bits per heavy atom. The van der Waals surface area contributed by atoms with Crippen molar-refractivity contribution in [3.63, 3.8) is 0 Å². The Balaban J connectivity index is 1.36. The van der Waals surface area contributed by atoms with E-state index in [4.69, 9.17) is 4.42 Å². The number of nitrogens with one attached hydrogen (secondary N) is 1. The lowest BCUT2D eigenvalue weighted by molar-refractivity contribution is 0.669. The normalized spacial score (nSPS) is 12.2. The SMILES string of the molecule is C=CC(=C)C(=C)/C=c1/[nH]c(/C=C(/C)N(c2ccc(-c3cccc4ccccc34)cc2)c2ccc3c(c2)oc2ccccc23)c(CC)c1=C. The molecule has 0 unspecified atom stereocenters. The van der Waals surface area contributed by atoms with Gasteiger partial charge in [-0.1, -0.05) is 112 Å². The van der Waals surface area contributed by atoms with Gasteiger partial charge >= 0.3 is 0 Å². The smallest absolute Gasteiger partial charge is 0.137 e. The molecule has 0 aliphatic carbocycles. The average Bonchev–Trinajstić information content (AvgIpc) is 3.63. The Morgan fingerprint density at radius 2 is 1.46 bits per heavy atom. The summed E-state index contributed by atoms with van der Waals surface area (Å²) in [5, 5.41) is 6.57. The van der Waals surface area contributed by atoms with E-state index < -0.39 is 0 Å². The summed E-state index contributed by atoms with van der Waals surface area (Å²) < 4.78 is 6.33. The van der Waals surface area contributed by atoms with Gasteiger partial charge in [-0.05, 0) is 99.7 Å². The van der Waals surface area contributed by atoms with E-state index in [-0.39, 0.29) is 0 Å². The molecule has 7 aromatic rings. The Morgan fingerprint density at radius 3 is 2.23 bits per heavy atom. The van der Waals surface area contributed by atoms with Gasteiger partial charge in [-0.2, -0.15) is 0 Å². The number of nitrogens with zero attached hydrogens (tertiary/aromatic N) is 1. The lowest BCUT2D eigenvalue weighted by atomic mass is 9.98. The molecule has 0 bridgehead atoms. The number of furan rings is 1. The summed E-state index contributed by atoms with van der Waals surface area (Å²) >= 11 is 0. The molecule has 0 fully saturated rings. The van der Waals surface area contributed by atoms with Crippen molar-refractivity contribution >= 4 is 62.8 Å². The standard InChI is InChI=1S/C45H38N2O/c1-7-29(3)30(4)26-42-32(6)37(8-2)43(46-42)27-31(5)47(36-24-25-41-40-17-11-12-19-44(40)48-45(41)28-36)35-22-20-34(21-23-35)39-18-13-15-33-14-9-10-16-38(33)39/h7,9-28,46H,1,3-4,6,8H2,2,5H3/b31-27-,42-26+. The first-order valence-corrected chi connectivity index (χ1v) is 16.3. The van der Waals surface area contributed by atoms with Crippen LogP contribution in [0.5, 0.6) is 0 Å². The summed E-state index contributed by atoms with van der Waals surface area (Å²) in [6, 6.07) is 38.5. The lowest BCUT2D eigenvalue weighted by Crippen LogP contribution is -2.23. The van der Waals surface area contributed by atoms with Gasteiger partial charge in [0.1, 0.15) is 11.2 Å². The summed E-state index contributed by atoms with van der Waals surface area (Å²) in [5.74, 6) is 0. The zero-order valence-electron chi connectivity index (χ0n) is 27.5. The van der Waals surface area contributed by atoms with Crippen molar-refractivity contribution in [3.05, 3.63) is 174 Å². The molecule has 0 saturated carbocycles. The third-order valence-electron chi connectivity index (χ3n) is 9.17. The first kappa shape index (κ1) is 30.6. The highest BCUT2D eigenvalue weighted by atomic mass is 16.3. The predicted molar refractivity (Wildman–Crippen MR) is 207 cm³/mol. The van der Waals surface area contributed by atoms with Crippen molar-refractivity contribution in [1.82, 2.24) is 4.98 Å². The molecule has 3 heteroatoms. The van der Waals surface area contributed by atoms with E-state index >= 15 is 0 Å². The molecule has 0 saturated heterocycles. The van der Waals surface area contributed by atoms with Crippen LogP contribution in [-0.4, -0.2) is 4.98 Å². The molecule has 48 heavy (non-hydrogen) atoms. The lowest BCUT2D eigenvalue weighted by Gasteiger charge is -2.26. The van der Waals surface area contributed by atoms with Crippen molar-refractivity contribution in [1.29, 1.82) is 0 Å². The number of fused-ring (bicyclic) bond motifs is 4. The van der Waals surface area contributed by atoms with E-state index in [0.717, 1.165) is 78.4 Å². The van der Waals surface area contributed by atoms with E-state index in [0.29, 0.717) is 0 Å². The molecule has 2 aromatic heterocycles. The molecular formula is C45H38N2O. The monoisotopic (exact) mass is 622 g/mol. The van der Waals surface area contributed by atoms with Crippen LogP contribution >= 0.6 is 0 Å². The zero-order chi connectivity index (χ0) is 33.4. The average molecular weight is 623 g/mol. The van der Waals surface area contributed by atoms with Crippen LogP contribution in [0.1, 0.15) is 25.1 Å². The molecule has 1 N–H and O–H groups in total. The third-order valence-corrected chi connectivity index (χ3v) is 9.17. The molecular weight excluding hydrogens is 585 g/mol. The van der Waals surface area contributed by atoms with Gasteiger partial charge in [-0.15, -0.1) is 0 Å². The maximum Gasteiger partial charge on any atom is 0.137 e. The van der Waals surface area contributed by atoms with Gasteiger partial charge in [-0.25, -0.2) is 0 Å². The molecule has 0 amide bonds. The maximum absolute atomic E-state index is 6.33. The van der Waals surface area contributed by atoms with Crippen molar-refractivity contribution in [2.75, 3.05) is 4.90 Å². The van der Waals surface area contributed by atoms with Crippen molar-refractivity contribution in [2.24, 2.45) is 0 Å². The molecule has 0 aliphatic rings. The molecule has 7 rings (SSSR count). The fourth-order valence-corrected chi connectivity index (χ4v) is 6.62. The van der Waals surface area contributed by atoms with Gasteiger partial charge in [0.25, 0.3) is 0 Å². The topological polar surface area (TPSA) is 32.2 Å². The van der Waals surface area contributed by atoms with Gasteiger partial charge in [-0.3, -0.25) is 0 Å². The Hall–Kier alpha value is -6.06. The minimum Gasteiger partial charge on any atom is -0.456 e. The summed E-state index contributed by atoms with van der Waals surface area (Å²) in [6.07, 6.45) is 6.76. The number of rotatable bonds is 9. The summed E-state index contributed by atoms with van der Waals surface area (Å²) in [6.45, 7) is 20.8. The summed E-state index contributed by atoms with van der Waals surface area (Å²) in [4.78, 5) is 5.90. The fourth-order valence-electron chi connectivity index (χ4n) is 6.62. The number of hydrogen-bond donors (Lipinski definition) is 1. The first-order chi connectivity index (χ1) is 23.4.